The van der Waals surface area contributed by atoms with Crippen molar-refractivity contribution in [3.8, 4) is 5.75 Å². The molecule has 0 aliphatic rings. The largest absolute Gasteiger partial charge is 0.491 e. The standard InChI is InChI=1S/C9H9Br2FO/c1-2-3-13-9-7(10)4-6(12)5-8(9)11/h4-5H,2-3H2,1H3. The zero-order valence-corrected chi connectivity index (χ0v) is 10.3. The molecular formula is C9H9Br2FO. The van der Waals surface area contributed by atoms with Crippen LogP contribution in [0.1, 0.15) is 13.3 Å². The summed E-state index contributed by atoms with van der Waals surface area (Å²) in [4.78, 5) is 0. The van der Waals surface area contributed by atoms with Crippen molar-refractivity contribution in [1.82, 2.24) is 0 Å². The minimum Gasteiger partial charge on any atom is -0.491 e. The topological polar surface area (TPSA) is 9.23 Å². The Morgan fingerprint density at radius 1 is 1.31 bits per heavy atom. The van der Waals surface area contributed by atoms with Gasteiger partial charge in [-0.15, -0.1) is 0 Å². The highest BCUT2D eigenvalue weighted by molar-refractivity contribution is 9.11. The second-order valence-electron chi connectivity index (χ2n) is 2.55. The third kappa shape index (κ3) is 2.95. The summed E-state index contributed by atoms with van der Waals surface area (Å²) in [5, 5.41) is 0. The van der Waals surface area contributed by atoms with E-state index in [1.807, 2.05) is 6.92 Å². The summed E-state index contributed by atoms with van der Waals surface area (Å²) in [5.41, 5.74) is 0. The predicted molar refractivity (Wildman–Crippen MR) is 57.6 cm³/mol. The highest BCUT2D eigenvalue weighted by Gasteiger charge is 2.08. The first-order valence-corrected chi connectivity index (χ1v) is 5.51. The van der Waals surface area contributed by atoms with Crippen LogP contribution in [0, 0.1) is 5.82 Å². The van der Waals surface area contributed by atoms with Gasteiger partial charge in [0.05, 0.1) is 15.6 Å². The van der Waals surface area contributed by atoms with Gasteiger partial charge < -0.3 is 4.74 Å². The smallest absolute Gasteiger partial charge is 0.147 e. The van der Waals surface area contributed by atoms with Gasteiger partial charge in [-0.2, -0.15) is 0 Å². The highest BCUT2D eigenvalue weighted by atomic mass is 79.9. The van der Waals surface area contributed by atoms with Gasteiger partial charge in [0, 0.05) is 0 Å². The molecule has 1 aromatic carbocycles. The van der Waals surface area contributed by atoms with E-state index in [2.05, 4.69) is 31.9 Å². The Labute approximate surface area is 93.5 Å². The number of rotatable bonds is 3. The van der Waals surface area contributed by atoms with Crippen LogP contribution in [0.25, 0.3) is 0 Å². The van der Waals surface area contributed by atoms with Gasteiger partial charge in [0.2, 0.25) is 0 Å². The molecule has 0 aliphatic carbocycles. The van der Waals surface area contributed by atoms with Crippen LogP contribution in [0.4, 0.5) is 4.39 Å². The number of hydrogen-bond donors (Lipinski definition) is 0. The molecule has 0 radical (unpaired) electrons. The molecule has 1 nitrogen and oxygen atoms in total. The molecule has 0 spiro atoms. The van der Waals surface area contributed by atoms with Gasteiger partial charge in [-0.3, -0.25) is 0 Å². The fourth-order valence-electron chi connectivity index (χ4n) is 0.871. The lowest BCUT2D eigenvalue weighted by atomic mass is 10.3. The minimum atomic E-state index is -0.289. The second kappa shape index (κ2) is 4.96. The van der Waals surface area contributed by atoms with Crippen molar-refractivity contribution < 1.29 is 9.13 Å². The van der Waals surface area contributed by atoms with Crippen LogP contribution in [-0.2, 0) is 0 Å². The van der Waals surface area contributed by atoms with Crippen LogP contribution < -0.4 is 4.74 Å². The molecule has 0 aliphatic heterocycles. The summed E-state index contributed by atoms with van der Waals surface area (Å²) < 4.78 is 19.5. The molecule has 0 bridgehead atoms. The lowest BCUT2D eigenvalue weighted by Crippen LogP contribution is -1.97. The molecule has 4 heteroatoms. The predicted octanol–water partition coefficient (Wildman–Crippen LogP) is 4.14. The van der Waals surface area contributed by atoms with E-state index in [0.29, 0.717) is 21.3 Å². The van der Waals surface area contributed by atoms with E-state index in [1.54, 1.807) is 0 Å². The van der Waals surface area contributed by atoms with Gasteiger partial charge in [0.15, 0.2) is 0 Å². The summed E-state index contributed by atoms with van der Waals surface area (Å²) in [7, 11) is 0. The van der Waals surface area contributed by atoms with E-state index in [1.165, 1.54) is 12.1 Å². The summed E-state index contributed by atoms with van der Waals surface area (Å²) in [6, 6.07) is 2.77. The summed E-state index contributed by atoms with van der Waals surface area (Å²) in [5.74, 6) is 0.367. The van der Waals surface area contributed by atoms with E-state index in [9.17, 15) is 4.39 Å². The summed E-state index contributed by atoms with van der Waals surface area (Å²) >= 11 is 6.47. The van der Waals surface area contributed by atoms with E-state index < -0.39 is 0 Å². The lowest BCUT2D eigenvalue weighted by Gasteiger charge is -2.08. The molecule has 0 amide bonds. The van der Waals surface area contributed by atoms with E-state index in [0.717, 1.165) is 6.42 Å². The first-order chi connectivity index (χ1) is 6.15. The third-order valence-corrected chi connectivity index (χ3v) is 2.59. The van der Waals surface area contributed by atoms with Crippen molar-refractivity contribution in [3.05, 3.63) is 26.9 Å². The zero-order chi connectivity index (χ0) is 9.84. The van der Waals surface area contributed by atoms with Crippen LogP contribution in [0.2, 0.25) is 0 Å². The quantitative estimate of drug-likeness (QED) is 0.815. The lowest BCUT2D eigenvalue weighted by molar-refractivity contribution is 0.313. The molecule has 0 unspecified atom stereocenters. The van der Waals surface area contributed by atoms with Gasteiger partial charge in [-0.05, 0) is 50.4 Å². The zero-order valence-electron chi connectivity index (χ0n) is 7.11. The molecule has 0 saturated carbocycles. The van der Waals surface area contributed by atoms with Crippen LogP contribution in [0.15, 0.2) is 21.1 Å². The number of halogens is 3. The van der Waals surface area contributed by atoms with Gasteiger partial charge in [-0.25, -0.2) is 4.39 Å². The Hall–Kier alpha value is -0.0900. The first kappa shape index (κ1) is 11.0. The molecule has 13 heavy (non-hydrogen) atoms. The number of benzene rings is 1. The number of hydrogen-bond acceptors (Lipinski definition) is 1. The second-order valence-corrected chi connectivity index (χ2v) is 4.26. The normalized spacial score (nSPS) is 10.2. The summed E-state index contributed by atoms with van der Waals surface area (Å²) in [6.45, 7) is 2.65. The van der Waals surface area contributed by atoms with Crippen molar-refractivity contribution in [2.75, 3.05) is 6.61 Å². The average molecular weight is 312 g/mol. The van der Waals surface area contributed by atoms with Crippen molar-refractivity contribution in [3.63, 3.8) is 0 Å². The molecule has 0 N–H and O–H groups in total. The van der Waals surface area contributed by atoms with Crippen molar-refractivity contribution in [2.24, 2.45) is 0 Å². The maximum absolute atomic E-state index is 12.8. The van der Waals surface area contributed by atoms with Gasteiger partial charge in [-0.1, -0.05) is 6.92 Å². The van der Waals surface area contributed by atoms with E-state index >= 15 is 0 Å². The maximum atomic E-state index is 12.8. The highest BCUT2D eigenvalue weighted by Crippen LogP contribution is 2.34. The fourth-order valence-corrected chi connectivity index (χ4v) is 2.23. The monoisotopic (exact) mass is 310 g/mol. The third-order valence-electron chi connectivity index (χ3n) is 1.41. The van der Waals surface area contributed by atoms with Crippen molar-refractivity contribution in [2.45, 2.75) is 13.3 Å². The van der Waals surface area contributed by atoms with Crippen LogP contribution in [-0.4, -0.2) is 6.61 Å². The average Bonchev–Trinajstić information content (AvgIpc) is 2.02. The molecule has 0 heterocycles. The molecular weight excluding hydrogens is 303 g/mol. The molecule has 0 atom stereocenters. The molecule has 0 saturated heterocycles. The minimum absolute atomic E-state index is 0.289. The SMILES string of the molecule is CCCOc1c(Br)cc(F)cc1Br. The molecule has 0 fully saturated rings. The molecule has 72 valence electrons. The van der Waals surface area contributed by atoms with Crippen LogP contribution in [0.3, 0.4) is 0 Å². The Morgan fingerprint density at radius 3 is 2.31 bits per heavy atom. The van der Waals surface area contributed by atoms with E-state index in [4.69, 9.17) is 4.74 Å². The molecule has 1 aromatic rings. The maximum Gasteiger partial charge on any atom is 0.147 e. The fraction of sp³-hybridized carbons (Fsp3) is 0.333. The van der Waals surface area contributed by atoms with Gasteiger partial charge in [0.1, 0.15) is 11.6 Å². The molecule has 0 aromatic heterocycles. The van der Waals surface area contributed by atoms with Crippen molar-refractivity contribution >= 4 is 31.9 Å². The van der Waals surface area contributed by atoms with Crippen LogP contribution >= 0.6 is 31.9 Å². The Balaban J connectivity index is 2.92. The number of ether oxygens (including phenoxy) is 1. The molecule has 1 rings (SSSR count). The van der Waals surface area contributed by atoms with Crippen molar-refractivity contribution in [1.29, 1.82) is 0 Å². The summed E-state index contributed by atoms with van der Waals surface area (Å²) in [6.07, 6.45) is 0.927. The Kier molecular flexibility index (Phi) is 4.19. The van der Waals surface area contributed by atoms with Gasteiger partial charge >= 0.3 is 0 Å². The van der Waals surface area contributed by atoms with Gasteiger partial charge in [0.25, 0.3) is 0 Å². The Morgan fingerprint density at radius 2 is 1.85 bits per heavy atom. The Bertz CT molecular complexity index is 279. The van der Waals surface area contributed by atoms with Crippen LogP contribution in [0.5, 0.6) is 5.75 Å². The van der Waals surface area contributed by atoms with E-state index in [-0.39, 0.29) is 5.82 Å². The first-order valence-electron chi connectivity index (χ1n) is 3.92.